The Morgan fingerprint density at radius 2 is 1.94 bits per heavy atom. The molecular formula is C22H14ClF4N5O2. The fourth-order valence-electron chi connectivity index (χ4n) is 3.04. The van der Waals surface area contributed by atoms with Crippen molar-refractivity contribution in [1.29, 1.82) is 0 Å². The van der Waals surface area contributed by atoms with Crippen LogP contribution in [0.25, 0.3) is 16.9 Å². The molecule has 0 unspecified atom stereocenters. The maximum absolute atomic E-state index is 13.4. The highest BCUT2D eigenvalue weighted by molar-refractivity contribution is 6.31. The molecule has 0 aliphatic heterocycles. The van der Waals surface area contributed by atoms with Gasteiger partial charge in [0.05, 0.1) is 17.7 Å². The van der Waals surface area contributed by atoms with Crippen LogP contribution in [-0.4, -0.2) is 32.8 Å². The number of esters is 1. The summed E-state index contributed by atoms with van der Waals surface area (Å²) in [6.07, 6.45) is -2.19. The summed E-state index contributed by atoms with van der Waals surface area (Å²) in [6, 6.07) is 10.9. The number of carbonyl (C=O) groups is 1. The number of rotatable bonds is 5. The first-order valence-electron chi connectivity index (χ1n) is 9.57. The van der Waals surface area contributed by atoms with Gasteiger partial charge in [-0.2, -0.15) is 23.3 Å². The lowest BCUT2D eigenvalue weighted by molar-refractivity contribution is -0.141. The van der Waals surface area contributed by atoms with Crippen LogP contribution in [0.5, 0.6) is 0 Å². The number of carbonyl (C=O) groups excluding carboxylic acids is 1. The highest BCUT2D eigenvalue weighted by Crippen LogP contribution is 2.31. The van der Waals surface area contributed by atoms with Gasteiger partial charge in [0.1, 0.15) is 5.82 Å². The lowest BCUT2D eigenvalue weighted by Crippen LogP contribution is -2.10. The first-order valence-corrected chi connectivity index (χ1v) is 9.94. The maximum Gasteiger partial charge on any atom is 0.435 e. The Balaban J connectivity index is 1.82. The molecule has 2 aromatic carbocycles. The Bertz CT molecular complexity index is 1370. The van der Waals surface area contributed by atoms with Crippen molar-refractivity contribution in [2.24, 2.45) is 0 Å². The van der Waals surface area contributed by atoms with E-state index in [-0.39, 0.29) is 22.4 Å². The van der Waals surface area contributed by atoms with Gasteiger partial charge in [0, 0.05) is 23.6 Å². The number of alkyl halides is 3. The standard InChI is InChI=1S/C22H14ClF4N5O2/c1-34-20(33)13-4-2-3-12(9-13)15-11-28-21(29-14-5-6-17(24)16(23)10-14)30-19(15)32-8-7-18(31-32)22(25,26)27/h2-11H,1H3,(H,28,29,30). The minimum Gasteiger partial charge on any atom is -0.465 e. The summed E-state index contributed by atoms with van der Waals surface area (Å²) in [5.41, 5.74) is 0.212. The highest BCUT2D eigenvalue weighted by atomic mass is 35.5. The Hall–Kier alpha value is -3.99. The number of methoxy groups -OCH3 is 1. The number of halogens is 5. The quantitative estimate of drug-likeness (QED) is 0.286. The smallest absolute Gasteiger partial charge is 0.435 e. The Kier molecular flexibility index (Phi) is 6.20. The molecule has 0 radical (unpaired) electrons. The number of anilines is 2. The molecule has 0 fully saturated rings. The van der Waals surface area contributed by atoms with Gasteiger partial charge in [0.25, 0.3) is 0 Å². The number of ether oxygens (including phenoxy) is 1. The monoisotopic (exact) mass is 491 g/mol. The van der Waals surface area contributed by atoms with Crippen molar-refractivity contribution in [3.05, 3.63) is 83.0 Å². The second-order valence-corrected chi connectivity index (χ2v) is 7.31. The van der Waals surface area contributed by atoms with Crippen LogP contribution in [0.3, 0.4) is 0 Å². The number of hydrogen-bond acceptors (Lipinski definition) is 6. The van der Waals surface area contributed by atoms with Crippen LogP contribution in [-0.2, 0) is 10.9 Å². The van der Waals surface area contributed by atoms with Crippen LogP contribution >= 0.6 is 11.6 Å². The van der Waals surface area contributed by atoms with Crippen LogP contribution < -0.4 is 5.32 Å². The van der Waals surface area contributed by atoms with Crippen LogP contribution in [0.1, 0.15) is 16.1 Å². The summed E-state index contributed by atoms with van der Waals surface area (Å²) in [5, 5.41) is 6.29. The van der Waals surface area contributed by atoms with E-state index in [0.29, 0.717) is 16.8 Å². The molecule has 0 aliphatic carbocycles. The Morgan fingerprint density at radius 3 is 2.62 bits per heavy atom. The van der Waals surface area contributed by atoms with Crippen molar-refractivity contribution >= 4 is 29.2 Å². The molecule has 1 N–H and O–H groups in total. The highest BCUT2D eigenvalue weighted by Gasteiger charge is 2.34. The molecule has 7 nitrogen and oxygen atoms in total. The van der Waals surface area contributed by atoms with E-state index in [1.54, 1.807) is 12.1 Å². The van der Waals surface area contributed by atoms with Gasteiger partial charge >= 0.3 is 12.1 Å². The number of hydrogen-bond donors (Lipinski definition) is 1. The summed E-state index contributed by atoms with van der Waals surface area (Å²) < 4.78 is 58.6. The Morgan fingerprint density at radius 1 is 1.15 bits per heavy atom. The van der Waals surface area contributed by atoms with E-state index < -0.39 is 23.7 Å². The zero-order valence-electron chi connectivity index (χ0n) is 17.3. The van der Waals surface area contributed by atoms with Crippen molar-refractivity contribution in [3.8, 4) is 16.9 Å². The SMILES string of the molecule is COC(=O)c1cccc(-c2cnc(Nc3ccc(F)c(Cl)c3)nc2-n2ccc(C(F)(F)F)n2)c1. The van der Waals surface area contributed by atoms with Gasteiger partial charge in [-0.15, -0.1) is 0 Å². The van der Waals surface area contributed by atoms with Crippen LogP contribution in [0.2, 0.25) is 5.02 Å². The van der Waals surface area contributed by atoms with Crippen molar-refractivity contribution in [3.63, 3.8) is 0 Å². The van der Waals surface area contributed by atoms with E-state index in [1.165, 1.54) is 37.6 Å². The topological polar surface area (TPSA) is 81.9 Å². The van der Waals surface area contributed by atoms with Crippen molar-refractivity contribution < 1.29 is 27.1 Å². The minimum atomic E-state index is -4.66. The number of nitrogens with zero attached hydrogens (tertiary/aromatic N) is 4. The lowest BCUT2D eigenvalue weighted by Gasteiger charge is -2.13. The summed E-state index contributed by atoms with van der Waals surface area (Å²) in [7, 11) is 1.23. The van der Waals surface area contributed by atoms with E-state index in [0.717, 1.165) is 23.0 Å². The largest absolute Gasteiger partial charge is 0.465 e. The van der Waals surface area contributed by atoms with Crippen molar-refractivity contribution in [2.45, 2.75) is 6.18 Å². The van der Waals surface area contributed by atoms with E-state index >= 15 is 0 Å². The van der Waals surface area contributed by atoms with Gasteiger partial charge in [0.15, 0.2) is 11.5 Å². The zero-order valence-corrected chi connectivity index (χ0v) is 18.0. The molecule has 4 aromatic rings. The van der Waals surface area contributed by atoms with Crippen molar-refractivity contribution in [2.75, 3.05) is 12.4 Å². The first kappa shape index (κ1) is 23.2. The molecule has 0 saturated heterocycles. The van der Waals surface area contributed by atoms with Gasteiger partial charge in [-0.05, 0) is 42.0 Å². The maximum atomic E-state index is 13.4. The summed E-state index contributed by atoms with van der Waals surface area (Å²) in [4.78, 5) is 20.4. The molecule has 0 aliphatic rings. The van der Waals surface area contributed by atoms with E-state index in [4.69, 9.17) is 16.3 Å². The fraction of sp³-hybridized carbons (Fsp3) is 0.0909. The van der Waals surface area contributed by atoms with E-state index in [1.807, 2.05) is 0 Å². The van der Waals surface area contributed by atoms with Gasteiger partial charge < -0.3 is 10.1 Å². The minimum absolute atomic E-state index is 0.00299. The summed E-state index contributed by atoms with van der Waals surface area (Å²) in [5.74, 6) is -1.21. The van der Waals surface area contributed by atoms with Gasteiger partial charge in [0.2, 0.25) is 5.95 Å². The van der Waals surface area contributed by atoms with Crippen LogP contribution in [0, 0.1) is 5.82 Å². The van der Waals surface area contributed by atoms with Crippen LogP contribution in [0.15, 0.2) is 60.9 Å². The predicted molar refractivity (Wildman–Crippen MR) is 116 cm³/mol. The number of aromatic nitrogens is 4. The molecule has 0 atom stereocenters. The van der Waals surface area contributed by atoms with E-state index in [2.05, 4.69) is 20.4 Å². The molecule has 2 aromatic heterocycles. The second-order valence-electron chi connectivity index (χ2n) is 6.90. The summed E-state index contributed by atoms with van der Waals surface area (Å²) >= 11 is 5.80. The van der Waals surface area contributed by atoms with Crippen LogP contribution in [0.4, 0.5) is 29.2 Å². The predicted octanol–water partition coefficient (Wildman–Crippen LogP) is 5.67. The first-order chi connectivity index (χ1) is 16.2. The number of benzene rings is 2. The van der Waals surface area contributed by atoms with E-state index in [9.17, 15) is 22.4 Å². The second kappa shape index (κ2) is 9.10. The van der Waals surface area contributed by atoms with Crippen molar-refractivity contribution in [1.82, 2.24) is 19.7 Å². The zero-order chi connectivity index (χ0) is 24.5. The lowest BCUT2D eigenvalue weighted by atomic mass is 10.0. The number of nitrogens with one attached hydrogen (secondary N) is 1. The summed E-state index contributed by atoms with van der Waals surface area (Å²) in [6.45, 7) is 0. The molecule has 174 valence electrons. The average molecular weight is 492 g/mol. The molecular weight excluding hydrogens is 478 g/mol. The third-order valence-corrected chi connectivity index (χ3v) is 4.93. The molecule has 0 amide bonds. The molecule has 4 rings (SSSR count). The van der Waals surface area contributed by atoms with Gasteiger partial charge in [-0.25, -0.2) is 18.9 Å². The third-order valence-electron chi connectivity index (χ3n) is 4.64. The fourth-order valence-corrected chi connectivity index (χ4v) is 3.22. The van der Waals surface area contributed by atoms with Gasteiger partial charge in [-0.3, -0.25) is 0 Å². The molecule has 0 bridgehead atoms. The normalized spacial score (nSPS) is 11.4. The molecule has 34 heavy (non-hydrogen) atoms. The third kappa shape index (κ3) is 4.84. The molecule has 0 spiro atoms. The molecule has 12 heteroatoms. The molecule has 2 heterocycles. The molecule has 0 saturated carbocycles. The average Bonchev–Trinajstić information content (AvgIpc) is 3.32. The Labute approximate surface area is 195 Å². The van der Waals surface area contributed by atoms with Gasteiger partial charge in [-0.1, -0.05) is 23.7 Å².